The minimum absolute atomic E-state index is 0.396. The predicted molar refractivity (Wildman–Crippen MR) is 76.2 cm³/mol. The Labute approximate surface area is 115 Å². The summed E-state index contributed by atoms with van der Waals surface area (Å²) in [6.07, 6.45) is 4.23. The Balaban J connectivity index is 1.71. The number of ether oxygens (including phenoxy) is 1. The summed E-state index contributed by atoms with van der Waals surface area (Å²) < 4.78 is 5.80. The lowest BCUT2D eigenvalue weighted by Crippen LogP contribution is -2.35. The second-order valence-corrected chi connectivity index (χ2v) is 5.72. The smallest absolute Gasteiger partial charge is 0.0704 e. The summed E-state index contributed by atoms with van der Waals surface area (Å²) in [5.41, 5.74) is 1.32. The third-order valence-electron chi connectivity index (χ3n) is 3.47. The van der Waals surface area contributed by atoms with Crippen molar-refractivity contribution in [1.29, 1.82) is 0 Å². The fourth-order valence-corrected chi connectivity index (χ4v) is 2.54. The van der Waals surface area contributed by atoms with Gasteiger partial charge in [0.1, 0.15) is 0 Å². The molecule has 1 aliphatic heterocycles. The molecule has 2 nitrogen and oxygen atoms in total. The zero-order valence-electron chi connectivity index (χ0n) is 11.2. The van der Waals surface area contributed by atoms with Crippen molar-refractivity contribution >= 4 is 11.6 Å². The van der Waals surface area contributed by atoms with Crippen molar-refractivity contribution in [2.24, 2.45) is 0 Å². The molecule has 2 rings (SSSR count). The van der Waals surface area contributed by atoms with Crippen LogP contribution in [0.15, 0.2) is 24.3 Å². The number of rotatable bonds is 5. The first-order chi connectivity index (χ1) is 8.63. The van der Waals surface area contributed by atoms with Crippen molar-refractivity contribution in [3.05, 3.63) is 34.9 Å². The molecule has 1 heterocycles. The molecule has 0 bridgehead atoms. The maximum absolute atomic E-state index is 5.88. The Hall–Kier alpha value is -0.570. The van der Waals surface area contributed by atoms with Gasteiger partial charge in [0.15, 0.2) is 0 Å². The number of nitrogens with one attached hydrogen (secondary N) is 1. The Bertz CT molecular complexity index is 365. The van der Waals surface area contributed by atoms with Gasteiger partial charge in [-0.2, -0.15) is 0 Å². The molecule has 1 aromatic carbocycles. The van der Waals surface area contributed by atoms with Crippen molar-refractivity contribution < 1.29 is 4.74 Å². The molecule has 0 aromatic heterocycles. The first kappa shape index (κ1) is 13.9. The monoisotopic (exact) mass is 267 g/mol. The van der Waals surface area contributed by atoms with Gasteiger partial charge in [0.25, 0.3) is 0 Å². The van der Waals surface area contributed by atoms with E-state index in [1.165, 1.54) is 18.4 Å². The van der Waals surface area contributed by atoms with Gasteiger partial charge in [0, 0.05) is 17.6 Å². The van der Waals surface area contributed by atoms with E-state index in [-0.39, 0.29) is 0 Å². The van der Waals surface area contributed by atoms with Crippen LogP contribution < -0.4 is 5.32 Å². The van der Waals surface area contributed by atoms with E-state index in [4.69, 9.17) is 16.3 Å². The van der Waals surface area contributed by atoms with Crippen LogP contribution in [0.2, 0.25) is 5.02 Å². The van der Waals surface area contributed by atoms with E-state index in [0.717, 1.165) is 18.0 Å². The molecule has 1 N–H and O–H groups in total. The molecule has 1 aliphatic rings. The number of hydrogen-bond donors (Lipinski definition) is 1. The number of halogens is 1. The molecular weight excluding hydrogens is 246 g/mol. The molecular formula is C15H22ClNO. The molecule has 1 saturated heterocycles. The molecule has 3 heteroatoms. The summed E-state index contributed by atoms with van der Waals surface area (Å²) in [4.78, 5) is 0. The highest BCUT2D eigenvalue weighted by molar-refractivity contribution is 6.30. The van der Waals surface area contributed by atoms with Gasteiger partial charge in [-0.25, -0.2) is 0 Å². The molecule has 0 saturated carbocycles. The van der Waals surface area contributed by atoms with E-state index < -0.39 is 0 Å². The van der Waals surface area contributed by atoms with Crippen molar-refractivity contribution in [2.45, 2.75) is 51.4 Å². The van der Waals surface area contributed by atoms with Crippen molar-refractivity contribution in [1.82, 2.24) is 5.32 Å². The van der Waals surface area contributed by atoms with Crippen molar-refractivity contribution in [3.8, 4) is 0 Å². The lowest BCUT2D eigenvalue weighted by atomic mass is 10.1. The Morgan fingerprint density at radius 2 is 2.06 bits per heavy atom. The maximum Gasteiger partial charge on any atom is 0.0704 e. The third-order valence-corrected chi connectivity index (χ3v) is 3.72. The molecule has 0 spiro atoms. The fourth-order valence-electron chi connectivity index (χ4n) is 2.41. The van der Waals surface area contributed by atoms with Crippen LogP contribution in [-0.4, -0.2) is 24.8 Å². The van der Waals surface area contributed by atoms with Gasteiger partial charge in [-0.3, -0.25) is 0 Å². The van der Waals surface area contributed by atoms with E-state index in [9.17, 15) is 0 Å². The minimum Gasteiger partial charge on any atom is -0.374 e. The first-order valence-electron chi connectivity index (χ1n) is 6.77. The summed E-state index contributed by atoms with van der Waals surface area (Å²) in [5, 5.41) is 4.35. The van der Waals surface area contributed by atoms with E-state index in [2.05, 4.69) is 31.3 Å². The van der Waals surface area contributed by atoms with E-state index >= 15 is 0 Å². The second-order valence-electron chi connectivity index (χ2n) is 5.29. The molecule has 3 unspecified atom stereocenters. The van der Waals surface area contributed by atoms with Crippen molar-refractivity contribution in [3.63, 3.8) is 0 Å². The van der Waals surface area contributed by atoms with Crippen LogP contribution in [0.3, 0.4) is 0 Å². The van der Waals surface area contributed by atoms with E-state index in [1.807, 2.05) is 12.1 Å². The number of benzene rings is 1. The normalized spacial score (nSPS) is 25.3. The van der Waals surface area contributed by atoms with Gasteiger partial charge in [-0.15, -0.1) is 0 Å². The Morgan fingerprint density at radius 3 is 2.67 bits per heavy atom. The highest BCUT2D eigenvalue weighted by Gasteiger charge is 2.21. The lowest BCUT2D eigenvalue weighted by Gasteiger charge is -2.17. The quantitative estimate of drug-likeness (QED) is 0.883. The summed E-state index contributed by atoms with van der Waals surface area (Å²) in [6.45, 7) is 5.32. The summed E-state index contributed by atoms with van der Waals surface area (Å²) in [6, 6.07) is 8.55. The molecule has 18 heavy (non-hydrogen) atoms. The zero-order chi connectivity index (χ0) is 13.0. The van der Waals surface area contributed by atoms with Gasteiger partial charge >= 0.3 is 0 Å². The largest absolute Gasteiger partial charge is 0.374 e. The van der Waals surface area contributed by atoms with Gasteiger partial charge in [-0.05, 0) is 50.8 Å². The summed E-state index contributed by atoms with van der Waals surface area (Å²) in [7, 11) is 0. The molecule has 0 amide bonds. The van der Waals surface area contributed by atoms with E-state index in [1.54, 1.807) is 0 Å². The molecule has 0 radical (unpaired) electrons. The van der Waals surface area contributed by atoms with Crippen LogP contribution in [0.5, 0.6) is 0 Å². The number of hydrogen-bond acceptors (Lipinski definition) is 2. The highest BCUT2D eigenvalue weighted by atomic mass is 35.5. The SMILES string of the molecule is CC(Cc1ccc(Cl)cc1)NCC1CCC(C)O1. The standard InChI is InChI=1S/C15H22ClNO/c1-11(9-13-4-6-14(16)7-5-13)17-10-15-8-3-12(2)18-15/h4-7,11-12,15,17H,3,8-10H2,1-2H3. The fraction of sp³-hybridized carbons (Fsp3) is 0.600. The molecule has 3 atom stereocenters. The molecule has 1 fully saturated rings. The van der Waals surface area contributed by atoms with Gasteiger partial charge in [0.2, 0.25) is 0 Å². The average molecular weight is 268 g/mol. The minimum atomic E-state index is 0.396. The molecule has 100 valence electrons. The topological polar surface area (TPSA) is 21.3 Å². The first-order valence-corrected chi connectivity index (χ1v) is 7.14. The summed E-state index contributed by atoms with van der Waals surface area (Å²) >= 11 is 5.88. The van der Waals surface area contributed by atoms with Gasteiger partial charge < -0.3 is 10.1 Å². The van der Waals surface area contributed by atoms with Crippen LogP contribution in [0, 0.1) is 0 Å². The third kappa shape index (κ3) is 4.27. The zero-order valence-corrected chi connectivity index (χ0v) is 11.9. The molecule has 1 aromatic rings. The Kier molecular flexibility index (Phi) is 5.04. The molecule has 0 aliphatic carbocycles. The van der Waals surface area contributed by atoms with Crippen LogP contribution in [0.4, 0.5) is 0 Å². The van der Waals surface area contributed by atoms with Crippen LogP contribution in [0.25, 0.3) is 0 Å². The van der Waals surface area contributed by atoms with E-state index in [0.29, 0.717) is 18.2 Å². The average Bonchev–Trinajstić information content (AvgIpc) is 2.76. The highest BCUT2D eigenvalue weighted by Crippen LogP contribution is 2.18. The van der Waals surface area contributed by atoms with Gasteiger partial charge in [0.05, 0.1) is 12.2 Å². The second kappa shape index (κ2) is 6.55. The van der Waals surface area contributed by atoms with Crippen LogP contribution in [-0.2, 0) is 11.2 Å². The van der Waals surface area contributed by atoms with Gasteiger partial charge in [-0.1, -0.05) is 23.7 Å². The van der Waals surface area contributed by atoms with Crippen LogP contribution in [0.1, 0.15) is 32.3 Å². The Morgan fingerprint density at radius 1 is 1.33 bits per heavy atom. The predicted octanol–water partition coefficient (Wildman–Crippen LogP) is 3.43. The maximum atomic E-state index is 5.88. The van der Waals surface area contributed by atoms with Crippen LogP contribution >= 0.6 is 11.6 Å². The van der Waals surface area contributed by atoms with Crippen molar-refractivity contribution in [2.75, 3.05) is 6.54 Å². The summed E-state index contributed by atoms with van der Waals surface area (Å²) in [5.74, 6) is 0. The lowest BCUT2D eigenvalue weighted by molar-refractivity contribution is 0.0546.